The maximum atomic E-state index is 11.1. The Morgan fingerprint density at radius 3 is 2.38 bits per heavy atom. The minimum absolute atomic E-state index is 0.227. The molecule has 0 atom stereocenters. The number of esters is 1. The number of benzene rings is 3. The van der Waals surface area contributed by atoms with Gasteiger partial charge in [0.1, 0.15) is 0 Å². The quantitative estimate of drug-likeness (QED) is 0.289. The predicted molar refractivity (Wildman–Crippen MR) is 124 cm³/mol. The molecule has 4 rings (SSSR count). The Morgan fingerprint density at radius 1 is 0.906 bits per heavy atom. The molecule has 3 aromatic carbocycles. The summed E-state index contributed by atoms with van der Waals surface area (Å²) in [6, 6.07) is 23.5. The number of hydrogen-bond acceptors (Lipinski definition) is 6. The van der Waals surface area contributed by atoms with Crippen LogP contribution in [0.5, 0.6) is 0 Å². The van der Waals surface area contributed by atoms with Gasteiger partial charge < -0.3 is 14.5 Å². The fourth-order valence-corrected chi connectivity index (χ4v) is 3.59. The third-order valence-electron chi connectivity index (χ3n) is 5.00. The van der Waals surface area contributed by atoms with Crippen molar-refractivity contribution in [3.05, 3.63) is 83.4 Å². The van der Waals surface area contributed by atoms with Crippen LogP contribution in [-0.2, 0) is 16.1 Å². The zero-order valence-corrected chi connectivity index (χ0v) is 18.3. The number of nitrogens with zero attached hydrogens (tertiary/aromatic N) is 2. The van der Waals surface area contributed by atoms with Crippen molar-refractivity contribution in [3.8, 4) is 34.0 Å². The standard InChI is InChI=1S/C25H22ClN3O3/c1-31-22(30)14-15-27-16-17-10-12-19(13-11-17)24-28-29-25(32-24)21-9-5-8-20(23(21)26)18-6-3-2-4-7-18/h2-13,27H,14-16H2,1H3. The molecule has 1 aromatic heterocycles. The summed E-state index contributed by atoms with van der Waals surface area (Å²) >= 11 is 6.68. The average Bonchev–Trinajstić information content (AvgIpc) is 3.33. The van der Waals surface area contributed by atoms with Crippen molar-refractivity contribution in [3.63, 3.8) is 0 Å². The van der Waals surface area contributed by atoms with E-state index in [4.69, 9.17) is 16.0 Å². The molecule has 0 saturated heterocycles. The number of hydrogen-bond donors (Lipinski definition) is 1. The van der Waals surface area contributed by atoms with E-state index in [1.165, 1.54) is 7.11 Å². The highest BCUT2D eigenvalue weighted by Crippen LogP contribution is 2.36. The van der Waals surface area contributed by atoms with Crippen LogP contribution < -0.4 is 5.32 Å². The molecule has 0 spiro atoms. The third kappa shape index (κ3) is 5.04. The minimum atomic E-state index is -0.227. The molecule has 0 bridgehead atoms. The second-order valence-corrected chi connectivity index (χ2v) is 7.52. The first-order valence-corrected chi connectivity index (χ1v) is 10.6. The molecule has 0 unspecified atom stereocenters. The highest BCUT2D eigenvalue weighted by molar-refractivity contribution is 6.35. The van der Waals surface area contributed by atoms with E-state index in [0.717, 1.165) is 22.3 Å². The van der Waals surface area contributed by atoms with Gasteiger partial charge in [0, 0.05) is 24.2 Å². The largest absolute Gasteiger partial charge is 0.469 e. The number of carbonyl (C=O) groups excluding carboxylic acids is 1. The molecule has 0 aliphatic carbocycles. The van der Waals surface area contributed by atoms with Crippen LogP contribution >= 0.6 is 11.6 Å². The smallest absolute Gasteiger partial charge is 0.306 e. The molecule has 0 amide bonds. The number of methoxy groups -OCH3 is 1. The van der Waals surface area contributed by atoms with Crippen molar-refractivity contribution in [2.45, 2.75) is 13.0 Å². The van der Waals surface area contributed by atoms with Crippen molar-refractivity contribution in [2.24, 2.45) is 0 Å². The van der Waals surface area contributed by atoms with E-state index < -0.39 is 0 Å². The fraction of sp³-hybridized carbons (Fsp3) is 0.160. The van der Waals surface area contributed by atoms with Gasteiger partial charge in [-0.3, -0.25) is 4.79 Å². The number of carbonyl (C=O) groups is 1. The van der Waals surface area contributed by atoms with Gasteiger partial charge >= 0.3 is 5.97 Å². The second kappa shape index (κ2) is 10.2. The van der Waals surface area contributed by atoms with Crippen molar-refractivity contribution in [1.29, 1.82) is 0 Å². The molecular weight excluding hydrogens is 426 g/mol. The summed E-state index contributed by atoms with van der Waals surface area (Å²) in [4.78, 5) is 11.1. The Kier molecular flexibility index (Phi) is 6.94. The summed E-state index contributed by atoms with van der Waals surface area (Å²) in [6.45, 7) is 1.21. The lowest BCUT2D eigenvalue weighted by Gasteiger charge is -2.07. The maximum absolute atomic E-state index is 11.1. The van der Waals surface area contributed by atoms with Crippen LogP contribution in [0.2, 0.25) is 5.02 Å². The van der Waals surface area contributed by atoms with Crippen LogP contribution in [0, 0.1) is 0 Å². The number of halogens is 1. The zero-order chi connectivity index (χ0) is 22.3. The molecular formula is C25H22ClN3O3. The number of rotatable bonds is 8. The fourth-order valence-electron chi connectivity index (χ4n) is 3.28. The molecule has 0 aliphatic heterocycles. The van der Waals surface area contributed by atoms with Crippen molar-refractivity contribution in [1.82, 2.24) is 15.5 Å². The van der Waals surface area contributed by atoms with Crippen LogP contribution in [0.25, 0.3) is 34.0 Å². The minimum Gasteiger partial charge on any atom is -0.469 e. The van der Waals surface area contributed by atoms with E-state index in [1.54, 1.807) is 0 Å². The lowest BCUT2D eigenvalue weighted by Crippen LogP contribution is -2.18. The first-order valence-electron chi connectivity index (χ1n) is 10.2. The van der Waals surface area contributed by atoms with Crippen LogP contribution in [-0.4, -0.2) is 29.8 Å². The Labute approximate surface area is 191 Å². The van der Waals surface area contributed by atoms with Gasteiger partial charge in [-0.1, -0.05) is 66.2 Å². The van der Waals surface area contributed by atoms with E-state index in [1.807, 2.05) is 72.8 Å². The first kappa shape index (κ1) is 21.7. The van der Waals surface area contributed by atoms with Gasteiger partial charge in [-0.25, -0.2) is 0 Å². The van der Waals surface area contributed by atoms with E-state index >= 15 is 0 Å². The normalized spacial score (nSPS) is 10.8. The van der Waals surface area contributed by atoms with Crippen molar-refractivity contribution < 1.29 is 13.9 Å². The van der Waals surface area contributed by atoms with E-state index in [0.29, 0.717) is 41.9 Å². The topological polar surface area (TPSA) is 77.2 Å². The summed E-state index contributed by atoms with van der Waals surface area (Å²) < 4.78 is 10.6. The molecule has 1 N–H and O–H groups in total. The number of nitrogens with one attached hydrogen (secondary N) is 1. The van der Waals surface area contributed by atoms with Gasteiger partial charge in [-0.2, -0.15) is 0 Å². The molecule has 0 radical (unpaired) electrons. The summed E-state index contributed by atoms with van der Waals surface area (Å²) in [5.74, 6) is 0.567. The molecule has 32 heavy (non-hydrogen) atoms. The van der Waals surface area contributed by atoms with Gasteiger partial charge in [0.25, 0.3) is 0 Å². The SMILES string of the molecule is COC(=O)CCNCc1ccc(-c2nnc(-c3cccc(-c4ccccc4)c3Cl)o2)cc1. The Hall–Kier alpha value is -3.48. The highest BCUT2D eigenvalue weighted by Gasteiger charge is 2.16. The maximum Gasteiger partial charge on any atom is 0.306 e. The average molecular weight is 448 g/mol. The predicted octanol–water partition coefficient (Wildman–Crippen LogP) is 5.38. The van der Waals surface area contributed by atoms with Gasteiger partial charge in [-0.15, -0.1) is 10.2 Å². The van der Waals surface area contributed by atoms with Crippen molar-refractivity contribution >= 4 is 17.6 Å². The van der Waals surface area contributed by atoms with E-state index in [-0.39, 0.29) is 5.97 Å². The molecule has 0 saturated carbocycles. The lowest BCUT2D eigenvalue weighted by molar-refractivity contribution is -0.140. The molecule has 7 heteroatoms. The molecule has 6 nitrogen and oxygen atoms in total. The summed E-state index contributed by atoms with van der Waals surface area (Å²) in [5, 5.41) is 12.2. The Balaban J connectivity index is 1.47. The van der Waals surface area contributed by atoms with Crippen molar-refractivity contribution in [2.75, 3.05) is 13.7 Å². The van der Waals surface area contributed by atoms with Crippen LogP contribution in [0.4, 0.5) is 0 Å². The molecule has 1 heterocycles. The van der Waals surface area contributed by atoms with Crippen LogP contribution in [0.15, 0.2) is 77.2 Å². The first-order chi connectivity index (χ1) is 15.7. The summed E-state index contributed by atoms with van der Waals surface area (Å²) in [5.41, 5.74) is 4.52. The highest BCUT2D eigenvalue weighted by atomic mass is 35.5. The molecule has 4 aromatic rings. The Bertz CT molecular complexity index is 1190. The van der Waals surface area contributed by atoms with Crippen LogP contribution in [0.1, 0.15) is 12.0 Å². The number of ether oxygens (including phenoxy) is 1. The van der Waals surface area contributed by atoms with Gasteiger partial charge in [0.2, 0.25) is 11.8 Å². The lowest BCUT2D eigenvalue weighted by atomic mass is 10.0. The molecule has 0 aliphatic rings. The monoisotopic (exact) mass is 447 g/mol. The van der Waals surface area contributed by atoms with Crippen LogP contribution in [0.3, 0.4) is 0 Å². The number of aromatic nitrogens is 2. The van der Waals surface area contributed by atoms with Gasteiger partial charge in [0.05, 0.1) is 24.1 Å². The second-order valence-electron chi connectivity index (χ2n) is 7.15. The van der Waals surface area contributed by atoms with E-state index in [9.17, 15) is 4.79 Å². The molecule has 0 fully saturated rings. The van der Waals surface area contributed by atoms with Gasteiger partial charge in [0.15, 0.2) is 0 Å². The summed E-state index contributed by atoms with van der Waals surface area (Å²) in [7, 11) is 1.39. The van der Waals surface area contributed by atoms with Gasteiger partial charge in [-0.05, 0) is 29.3 Å². The zero-order valence-electron chi connectivity index (χ0n) is 17.5. The summed E-state index contributed by atoms with van der Waals surface area (Å²) in [6.07, 6.45) is 0.341. The third-order valence-corrected chi connectivity index (χ3v) is 5.41. The van der Waals surface area contributed by atoms with E-state index in [2.05, 4.69) is 20.3 Å². The molecule has 162 valence electrons. The Morgan fingerprint density at radius 2 is 1.62 bits per heavy atom.